The van der Waals surface area contributed by atoms with Crippen molar-refractivity contribution in [2.45, 2.75) is 61.1 Å². The number of hydrogen-bond donors (Lipinski definition) is 0. The molecular formula is C16H24Cl2P2Zr. The van der Waals surface area contributed by atoms with E-state index in [-0.39, 0.29) is 5.73 Å². The molecule has 0 N–H and O–H groups in total. The van der Waals surface area contributed by atoms with Crippen molar-refractivity contribution in [3.63, 3.8) is 0 Å². The molecule has 0 aromatic rings. The van der Waals surface area contributed by atoms with Crippen molar-refractivity contribution in [2.24, 2.45) is 0 Å². The summed E-state index contributed by atoms with van der Waals surface area (Å²) >= 11 is -3.53. The van der Waals surface area contributed by atoms with E-state index in [2.05, 4.69) is 55.4 Å². The first-order valence-electron chi connectivity index (χ1n) is 7.27. The van der Waals surface area contributed by atoms with Gasteiger partial charge in [-0.15, -0.1) is 0 Å². The molecule has 0 amide bonds. The SMILES string of the molecule is CC1=P[C](C)([Zr]([Cl])([Cl])[C]2(C)P=C(C)C(C)=C2C)C(C)=C1C. The van der Waals surface area contributed by atoms with Crippen molar-refractivity contribution < 1.29 is 17.9 Å². The average Bonchev–Trinajstić information content (AvgIpc) is 2.72. The van der Waals surface area contributed by atoms with Crippen LogP contribution in [0.25, 0.3) is 0 Å². The van der Waals surface area contributed by atoms with Crippen LogP contribution in [0.1, 0.15) is 55.4 Å². The maximum absolute atomic E-state index is 7.35. The third-order valence-corrected chi connectivity index (χ3v) is 34.1. The Kier molecular flexibility index (Phi) is 5.03. The fourth-order valence-electron chi connectivity index (χ4n) is 3.36. The van der Waals surface area contributed by atoms with Gasteiger partial charge >= 0.3 is 145 Å². The van der Waals surface area contributed by atoms with E-state index >= 15 is 0 Å². The van der Waals surface area contributed by atoms with Gasteiger partial charge < -0.3 is 0 Å². The van der Waals surface area contributed by atoms with Crippen molar-refractivity contribution in [1.82, 2.24) is 0 Å². The van der Waals surface area contributed by atoms with Crippen LogP contribution < -0.4 is 0 Å². The molecule has 0 fully saturated rings. The monoisotopic (exact) mass is 438 g/mol. The third kappa shape index (κ3) is 2.41. The Balaban J connectivity index is 2.66. The van der Waals surface area contributed by atoms with Gasteiger partial charge in [0.2, 0.25) is 0 Å². The van der Waals surface area contributed by atoms with Gasteiger partial charge in [0.15, 0.2) is 0 Å². The summed E-state index contributed by atoms with van der Waals surface area (Å²) < 4.78 is -0.0558. The molecular weight excluding hydrogens is 416 g/mol. The predicted octanol–water partition coefficient (Wildman–Crippen LogP) is 6.86. The zero-order valence-corrected chi connectivity index (χ0v) is 19.9. The molecule has 0 nitrogen and oxygen atoms in total. The molecule has 0 aromatic carbocycles. The number of rotatable bonds is 2. The van der Waals surface area contributed by atoms with Crippen molar-refractivity contribution in [2.75, 3.05) is 0 Å². The molecule has 0 saturated heterocycles. The Labute approximate surface area is 144 Å². The van der Waals surface area contributed by atoms with Gasteiger partial charge in [0.25, 0.3) is 0 Å². The Morgan fingerprint density at radius 2 is 1.00 bits per heavy atom. The standard InChI is InChI=1S/2C8H12P.2ClH.Zr/c2*1-5-6(2)8(4)9-7(5)3;;;/h2*1-4H3;2*1H;/q;;;;+2/p-2. The van der Waals surface area contributed by atoms with E-state index in [0.717, 1.165) is 0 Å². The topological polar surface area (TPSA) is 0 Å². The van der Waals surface area contributed by atoms with Gasteiger partial charge in [-0.3, -0.25) is 0 Å². The van der Waals surface area contributed by atoms with Crippen LogP contribution in [-0.4, -0.2) is 16.3 Å². The summed E-state index contributed by atoms with van der Waals surface area (Å²) in [5.74, 6) is 0. The predicted molar refractivity (Wildman–Crippen MR) is 100 cm³/mol. The fraction of sp³-hybridized carbons (Fsp3) is 0.625. The second-order valence-corrected chi connectivity index (χ2v) is 27.9. The van der Waals surface area contributed by atoms with Gasteiger partial charge in [0.05, 0.1) is 0 Å². The van der Waals surface area contributed by atoms with Crippen LogP contribution in [-0.2, 0) is 17.9 Å². The second-order valence-electron chi connectivity index (χ2n) is 6.61. The molecule has 0 saturated carbocycles. The Bertz CT molecular complexity index is 589. The number of hydrogen-bond acceptors (Lipinski definition) is 0. The summed E-state index contributed by atoms with van der Waals surface area (Å²) in [4.78, 5) is 0. The van der Waals surface area contributed by atoms with Crippen LogP contribution in [0.4, 0.5) is 0 Å². The van der Waals surface area contributed by atoms with Crippen molar-refractivity contribution >= 4 is 44.0 Å². The second kappa shape index (κ2) is 5.67. The molecule has 2 unspecified atom stereocenters. The van der Waals surface area contributed by atoms with Crippen molar-refractivity contribution in [3.8, 4) is 0 Å². The van der Waals surface area contributed by atoms with Crippen molar-refractivity contribution in [3.05, 3.63) is 22.3 Å². The number of allylic oxidation sites excluding steroid dienone is 4. The van der Waals surface area contributed by atoms with Gasteiger partial charge in [-0.25, -0.2) is 0 Å². The summed E-state index contributed by atoms with van der Waals surface area (Å²) in [5, 5.41) is 2.88. The van der Waals surface area contributed by atoms with Gasteiger partial charge in [-0.1, -0.05) is 0 Å². The Morgan fingerprint density at radius 3 is 1.19 bits per heavy atom. The Hall–Kier alpha value is 1.28. The van der Waals surface area contributed by atoms with E-state index in [1.807, 2.05) is 0 Å². The molecule has 0 spiro atoms. The van der Waals surface area contributed by atoms with Crippen LogP contribution in [0, 0.1) is 0 Å². The van der Waals surface area contributed by atoms with Crippen LogP contribution in [0.3, 0.4) is 0 Å². The van der Waals surface area contributed by atoms with Crippen LogP contribution in [0.2, 0.25) is 0 Å². The van der Waals surface area contributed by atoms with Crippen LogP contribution >= 0.6 is 33.4 Å². The first kappa shape index (κ1) is 18.6. The molecule has 2 rings (SSSR count). The van der Waals surface area contributed by atoms with Crippen LogP contribution in [0.5, 0.6) is 0 Å². The summed E-state index contributed by atoms with van der Waals surface area (Å²) in [6.07, 6.45) is 0. The van der Waals surface area contributed by atoms with E-state index in [9.17, 15) is 0 Å². The summed E-state index contributed by atoms with van der Waals surface area (Å²) in [7, 11) is 17.4. The van der Waals surface area contributed by atoms with Gasteiger partial charge in [0, 0.05) is 0 Å². The molecule has 0 aromatic heterocycles. The molecule has 2 heterocycles. The molecule has 2 aliphatic heterocycles. The molecule has 21 heavy (non-hydrogen) atoms. The molecule has 116 valence electrons. The van der Waals surface area contributed by atoms with E-state index in [4.69, 9.17) is 17.0 Å². The molecule has 2 aliphatic rings. The maximum atomic E-state index is 7.35. The van der Waals surface area contributed by atoms with Crippen molar-refractivity contribution in [1.29, 1.82) is 0 Å². The molecule has 5 heteroatoms. The first-order chi connectivity index (χ1) is 9.40. The fourth-order valence-corrected chi connectivity index (χ4v) is 26.0. The summed E-state index contributed by atoms with van der Waals surface area (Å²) in [6, 6.07) is 0. The molecule has 0 aliphatic carbocycles. The van der Waals surface area contributed by atoms with E-state index in [1.165, 1.54) is 49.3 Å². The van der Waals surface area contributed by atoms with Gasteiger partial charge in [0.1, 0.15) is 0 Å². The summed E-state index contributed by atoms with van der Waals surface area (Å²) in [6.45, 7) is 18.0. The normalized spacial score (nSPS) is 35.3. The van der Waals surface area contributed by atoms with E-state index < -0.39 is 17.9 Å². The number of halogens is 2. The van der Waals surface area contributed by atoms with Crippen LogP contribution in [0.15, 0.2) is 22.3 Å². The molecule has 0 radical (unpaired) electrons. The van der Waals surface area contributed by atoms with E-state index in [0.29, 0.717) is 0 Å². The average molecular weight is 440 g/mol. The quantitative estimate of drug-likeness (QED) is 0.412. The third-order valence-electron chi connectivity index (χ3n) is 5.68. The Morgan fingerprint density at radius 1 is 0.714 bits per heavy atom. The molecule has 2 atom stereocenters. The zero-order chi connectivity index (χ0) is 16.4. The van der Waals surface area contributed by atoms with Gasteiger partial charge in [-0.2, -0.15) is 0 Å². The van der Waals surface area contributed by atoms with Gasteiger partial charge in [-0.05, 0) is 0 Å². The first-order valence-corrected chi connectivity index (χ1v) is 17.8. The van der Waals surface area contributed by atoms with E-state index in [1.54, 1.807) is 0 Å². The molecule has 0 bridgehead atoms. The minimum atomic E-state index is -3.53. The zero-order valence-electron chi connectivity index (χ0n) is 14.2. The minimum absolute atomic E-state index is 0.0279. The summed E-state index contributed by atoms with van der Waals surface area (Å²) in [5.41, 5.74) is 5.68.